The third kappa shape index (κ3) is 4.81. The number of hydrogen-bond acceptors (Lipinski definition) is 6. The van der Waals surface area contributed by atoms with E-state index in [1.807, 2.05) is 12.1 Å². The molecule has 12 heteroatoms. The zero-order chi connectivity index (χ0) is 29.9. The van der Waals surface area contributed by atoms with E-state index in [-0.39, 0.29) is 43.5 Å². The number of ether oxygens (including phenoxy) is 1. The van der Waals surface area contributed by atoms with E-state index in [0.717, 1.165) is 11.8 Å². The van der Waals surface area contributed by atoms with Gasteiger partial charge >= 0.3 is 0 Å². The van der Waals surface area contributed by atoms with Gasteiger partial charge in [-0.15, -0.1) is 0 Å². The second-order valence-electron chi connectivity index (χ2n) is 11.1. The number of benzene rings is 3. The lowest BCUT2D eigenvalue weighted by atomic mass is 9.78. The molecule has 1 amide bonds. The number of carbonyl (C=O) groups excluding carboxylic acids is 1. The number of fused-ring (bicyclic) bond motifs is 3. The number of nitrogens with zero attached hydrogens (tertiary/aromatic N) is 2. The van der Waals surface area contributed by atoms with Crippen LogP contribution >= 0.6 is 23.2 Å². The Labute approximate surface area is 256 Å². The second kappa shape index (κ2) is 10.8. The van der Waals surface area contributed by atoms with Crippen molar-refractivity contribution in [2.75, 3.05) is 25.9 Å². The molecule has 2 heterocycles. The Kier molecular flexibility index (Phi) is 7.59. The van der Waals surface area contributed by atoms with Crippen LogP contribution in [0.5, 0.6) is 5.75 Å². The van der Waals surface area contributed by atoms with Crippen LogP contribution in [0.2, 0.25) is 10.0 Å². The highest BCUT2D eigenvalue weighted by atomic mass is 35.5. The number of aryl methyl sites for hydroxylation is 1. The summed E-state index contributed by atoms with van der Waals surface area (Å²) in [6, 6.07) is 18.5. The summed E-state index contributed by atoms with van der Waals surface area (Å²) in [4.78, 5) is 15.6. The molecular weight excluding hydrogens is 619 g/mol. The van der Waals surface area contributed by atoms with Crippen LogP contribution in [0.1, 0.15) is 29.5 Å². The quantitative estimate of drug-likeness (QED) is 0.369. The van der Waals surface area contributed by atoms with Gasteiger partial charge in [-0.2, -0.15) is 0 Å². The highest BCUT2D eigenvalue weighted by molar-refractivity contribution is 7.92. The largest absolute Gasteiger partial charge is 0.489 e. The van der Waals surface area contributed by atoms with E-state index >= 15 is 0 Å². The molecule has 2 fully saturated rings. The van der Waals surface area contributed by atoms with Crippen molar-refractivity contribution >= 4 is 49.0 Å². The summed E-state index contributed by atoms with van der Waals surface area (Å²) < 4.78 is 58.8. The van der Waals surface area contributed by atoms with Crippen LogP contribution in [0, 0.1) is 5.92 Å². The van der Waals surface area contributed by atoms with Crippen molar-refractivity contribution < 1.29 is 26.4 Å². The molecule has 3 aromatic rings. The van der Waals surface area contributed by atoms with Crippen molar-refractivity contribution in [1.82, 2.24) is 9.21 Å². The van der Waals surface area contributed by atoms with E-state index in [1.54, 1.807) is 59.5 Å². The number of hydrogen-bond donors (Lipinski definition) is 0. The van der Waals surface area contributed by atoms with Gasteiger partial charge in [0.15, 0.2) is 9.84 Å². The fourth-order valence-corrected chi connectivity index (χ4v) is 10.4. The third-order valence-electron chi connectivity index (χ3n) is 8.79. The van der Waals surface area contributed by atoms with Gasteiger partial charge in [0.2, 0.25) is 15.9 Å². The summed E-state index contributed by atoms with van der Waals surface area (Å²) in [5.74, 6) is -0.106. The van der Waals surface area contributed by atoms with E-state index in [0.29, 0.717) is 39.8 Å². The van der Waals surface area contributed by atoms with E-state index < -0.39 is 36.6 Å². The zero-order valence-corrected chi connectivity index (χ0v) is 26.0. The standard InChI is InChI=1S/C30H30Cl2N2O6S2/c1-41(36,37)33-17-21(18-33)29(35)34-15-14-30(42(38,39)23-6-3-2-4-7-23)25-12-11-22(16-20(25)10-13-28(30)34)40-19-24-26(31)8-5-9-27(24)32/h2-9,11-12,16,21,28H,10,13-15,17-19H2,1H3/t28-,30-/m1/s1. The highest BCUT2D eigenvalue weighted by Gasteiger charge is 2.61. The number of halogens is 2. The van der Waals surface area contributed by atoms with Crippen LogP contribution in [-0.4, -0.2) is 63.9 Å². The number of rotatable bonds is 7. The summed E-state index contributed by atoms with van der Waals surface area (Å²) in [6.45, 7) is 0.660. The highest BCUT2D eigenvalue weighted by Crippen LogP contribution is 2.53. The van der Waals surface area contributed by atoms with Crippen LogP contribution in [0.25, 0.3) is 0 Å². The van der Waals surface area contributed by atoms with Gasteiger partial charge in [0.05, 0.1) is 23.1 Å². The molecule has 3 aromatic carbocycles. The Morgan fingerprint density at radius 2 is 1.67 bits per heavy atom. The first-order valence-electron chi connectivity index (χ1n) is 13.7. The van der Waals surface area contributed by atoms with Gasteiger partial charge in [-0.3, -0.25) is 4.79 Å². The number of likely N-dealkylation sites (tertiary alicyclic amines) is 1. The second-order valence-corrected chi connectivity index (χ2v) is 16.1. The van der Waals surface area contributed by atoms with Crippen molar-refractivity contribution in [3.63, 3.8) is 0 Å². The number of carbonyl (C=O) groups is 1. The Bertz CT molecular complexity index is 1740. The lowest BCUT2D eigenvalue weighted by Gasteiger charge is -2.44. The maximum Gasteiger partial charge on any atom is 0.228 e. The fourth-order valence-electron chi connectivity index (χ4n) is 6.59. The summed E-state index contributed by atoms with van der Waals surface area (Å²) in [7, 11) is -7.33. The number of amides is 1. The Hall–Kier alpha value is -2.63. The fraction of sp³-hybridized carbons (Fsp3) is 0.367. The molecule has 0 N–H and O–H groups in total. The minimum atomic E-state index is -3.94. The predicted octanol–water partition coefficient (Wildman–Crippen LogP) is 4.68. The van der Waals surface area contributed by atoms with Gasteiger partial charge in [-0.05, 0) is 66.8 Å². The Morgan fingerprint density at radius 3 is 2.33 bits per heavy atom. The van der Waals surface area contributed by atoms with Crippen molar-refractivity contribution in [3.05, 3.63) is 93.5 Å². The summed E-state index contributed by atoms with van der Waals surface area (Å²) in [6.07, 6.45) is 2.37. The molecule has 0 bridgehead atoms. The van der Waals surface area contributed by atoms with Crippen molar-refractivity contribution in [1.29, 1.82) is 0 Å². The lowest BCUT2D eigenvalue weighted by Crippen LogP contribution is -2.59. The molecule has 6 rings (SSSR count). The monoisotopic (exact) mass is 648 g/mol. The SMILES string of the molecule is CS(=O)(=O)N1CC(C(=O)N2CC[C@@]3(S(=O)(=O)c4ccccc4)c4ccc(OCc5c(Cl)cccc5Cl)cc4CC[C@@H]23)C1. The van der Waals surface area contributed by atoms with Crippen molar-refractivity contribution in [2.24, 2.45) is 5.92 Å². The summed E-state index contributed by atoms with van der Waals surface area (Å²) >= 11 is 12.6. The van der Waals surface area contributed by atoms with Crippen LogP contribution in [0.15, 0.2) is 71.6 Å². The zero-order valence-electron chi connectivity index (χ0n) is 22.9. The molecule has 222 valence electrons. The van der Waals surface area contributed by atoms with E-state index in [2.05, 4.69) is 0 Å². The first kappa shape index (κ1) is 29.4. The van der Waals surface area contributed by atoms with E-state index in [4.69, 9.17) is 27.9 Å². The Morgan fingerprint density at radius 1 is 0.976 bits per heavy atom. The molecule has 1 aliphatic carbocycles. The molecular formula is C30H30Cl2N2O6S2. The maximum absolute atomic E-state index is 14.5. The normalized spacial score (nSPS) is 22.7. The van der Waals surface area contributed by atoms with Gasteiger partial charge in [0, 0.05) is 35.2 Å². The molecule has 42 heavy (non-hydrogen) atoms. The number of sulfone groups is 1. The molecule has 3 aliphatic rings. The van der Waals surface area contributed by atoms with Gasteiger partial charge in [-0.1, -0.05) is 53.5 Å². The molecule has 2 atom stereocenters. The average molecular weight is 650 g/mol. The molecule has 0 unspecified atom stereocenters. The molecule has 0 radical (unpaired) electrons. The third-order valence-corrected chi connectivity index (χ3v) is 13.3. The summed E-state index contributed by atoms with van der Waals surface area (Å²) in [5.41, 5.74) is 2.19. The van der Waals surface area contributed by atoms with Gasteiger partial charge in [0.1, 0.15) is 17.1 Å². The van der Waals surface area contributed by atoms with Gasteiger partial charge < -0.3 is 9.64 Å². The van der Waals surface area contributed by atoms with Crippen molar-refractivity contribution in [2.45, 2.75) is 41.6 Å². The van der Waals surface area contributed by atoms with E-state index in [1.165, 1.54) is 4.31 Å². The van der Waals surface area contributed by atoms with Crippen LogP contribution in [0.3, 0.4) is 0 Å². The smallest absolute Gasteiger partial charge is 0.228 e. The first-order valence-corrected chi connectivity index (χ1v) is 17.8. The molecule has 0 aromatic heterocycles. The van der Waals surface area contributed by atoms with E-state index in [9.17, 15) is 21.6 Å². The minimum absolute atomic E-state index is 0.117. The summed E-state index contributed by atoms with van der Waals surface area (Å²) in [5, 5.41) is 0.996. The first-order chi connectivity index (χ1) is 19.9. The molecule has 0 saturated carbocycles. The molecule has 2 saturated heterocycles. The van der Waals surface area contributed by atoms with Crippen LogP contribution in [-0.2, 0) is 42.4 Å². The van der Waals surface area contributed by atoms with Crippen molar-refractivity contribution in [3.8, 4) is 5.75 Å². The van der Waals surface area contributed by atoms with Gasteiger partial charge in [0.25, 0.3) is 0 Å². The molecule has 2 aliphatic heterocycles. The molecule has 0 spiro atoms. The average Bonchev–Trinajstić information content (AvgIpc) is 3.33. The van der Waals surface area contributed by atoms with Crippen LogP contribution < -0.4 is 4.74 Å². The lowest BCUT2D eigenvalue weighted by molar-refractivity contribution is -0.140. The maximum atomic E-state index is 14.5. The molecule has 8 nitrogen and oxygen atoms in total. The minimum Gasteiger partial charge on any atom is -0.489 e. The predicted molar refractivity (Wildman–Crippen MR) is 161 cm³/mol. The topological polar surface area (TPSA) is 101 Å². The Balaban J connectivity index is 1.35. The van der Waals surface area contributed by atoms with Crippen LogP contribution in [0.4, 0.5) is 0 Å². The number of sulfonamides is 1. The van der Waals surface area contributed by atoms with Gasteiger partial charge in [-0.25, -0.2) is 21.1 Å².